The maximum Gasteiger partial charge on any atom is 0.255 e. The number of hydrogen-bond acceptors (Lipinski definition) is 7. The first-order valence-corrected chi connectivity index (χ1v) is 9.98. The summed E-state index contributed by atoms with van der Waals surface area (Å²) in [6.45, 7) is 2.16. The number of methoxy groups -OCH3 is 2. The van der Waals surface area contributed by atoms with Gasteiger partial charge in [0.15, 0.2) is 17.3 Å². The highest BCUT2D eigenvalue weighted by Gasteiger charge is 2.19. The van der Waals surface area contributed by atoms with E-state index < -0.39 is 0 Å². The van der Waals surface area contributed by atoms with Gasteiger partial charge in [-0.25, -0.2) is 0 Å². The Hall–Kier alpha value is -3.00. The maximum atomic E-state index is 13.1. The van der Waals surface area contributed by atoms with Crippen LogP contribution in [0.25, 0.3) is 0 Å². The minimum Gasteiger partial charge on any atom is -0.493 e. The number of rotatable bonds is 8. The lowest BCUT2D eigenvalue weighted by molar-refractivity contribution is 0.0780. The zero-order valence-electron chi connectivity index (χ0n) is 16.8. The number of benzene rings is 2. The molecule has 0 radical (unpaired) electrons. The minimum absolute atomic E-state index is 0.0836. The van der Waals surface area contributed by atoms with Gasteiger partial charge in [-0.2, -0.15) is 4.98 Å². The zero-order valence-corrected chi connectivity index (χ0v) is 17.7. The summed E-state index contributed by atoms with van der Waals surface area (Å²) in [6, 6.07) is 13.1. The second-order valence-corrected chi connectivity index (χ2v) is 7.35. The molecule has 0 unspecified atom stereocenters. The molecular weight excluding hydrogens is 390 g/mol. The lowest BCUT2D eigenvalue weighted by atomic mass is 10.1. The van der Waals surface area contributed by atoms with Crippen LogP contribution in [0.15, 0.2) is 51.9 Å². The van der Waals surface area contributed by atoms with Crippen molar-refractivity contribution in [3.8, 4) is 11.5 Å². The van der Waals surface area contributed by atoms with Crippen LogP contribution in [0.1, 0.15) is 27.6 Å². The fraction of sp³-hybridized carbons (Fsp3) is 0.286. The van der Waals surface area contributed by atoms with Gasteiger partial charge in [0, 0.05) is 24.1 Å². The van der Waals surface area contributed by atoms with Crippen LogP contribution < -0.4 is 9.47 Å². The van der Waals surface area contributed by atoms with Gasteiger partial charge in [-0.15, -0.1) is 11.8 Å². The van der Waals surface area contributed by atoms with E-state index in [9.17, 15) is 4.79 Å². The molecule has 0 spiro atoms. The highest BCUT2D eigenvalue weighted by molar-refractivity contribution is 7.98. The predicted molar refractivity (Wildman–Crippen MR) is 110 cm³/mol. The minimum atomic E-state index is -0.0836. The molecule has 0 atom stereocenters. The number of aromatic nitrogens is 2. The normalized spacial score (nSPS) is 10.6. The maximum absolute atomic E-state index is 13.1. The van der Waals surface area contributed by atoms with Crippen molar-refractivity contribution in [2.24, 2.45) is 0 Å². The molecule has 0 saturated heterocycles. The van der Waals surface area contributed by atoms with Gasteiger partial charge in [-0.3, -0.25) is 4.79 Å². The van der Waals surface area contributed by atoms with Gasteiger partial charge in [-0.05, 0) is 25.1 Å². The van der Waals surface area contributed by atoms with Gasteiger partial charge in [-0.1, -0.05) is 29.4 Å². The summed E-state index contributed by atoms with van der Waals surface area (Å²) in [5.41, 5.74) is 1.49. The summed E-state index contributed by atoms with van der Waals surface area (Å²) < 4.78 is 16.0. The first-order valence-electron chi connectivity index (χ1n) is 8.99. The van der Waals surface area contributed by atoms with Crippen molar-refractivity contribution >= 4 is 17.7 Å². The van der Waals surface area contributed by atoms with Gasteiger partial charge < -0.3 is 18.9 Å². The molecule has 0 aliphatic rings. The van der Waals surface area contributed by atoms with Crippen molar-refractivity contribution in [2.75, 3.05) is 21.3 Å². The molecule has 3 rings (SSSR count). The number of ether oxygens (including phenoxy) is 2. The van der Waals surface area contributed by atoms with E-state index in [2.05, 4.69) is 10.1 Å². The van der Waals surface area contributed by atoms with Gasteiger partial charge in [0.1, 0.15) is 0 Å². The summed E-state index contributed by atoms with van der Waals surface area (Å²) in [4.78, 5) is 19.9. The molecule has 8 heteroatoms. The Morgan fingerprint density at radius 1 is 1.14 bits per heavy atom. The lowest BCUT2D eigenvalue weighted by Gasteiger charge is -2.21. The molecule has 2 aromatic carbocycles. The van der Waals surface area contributed by atoms with Gasteiger partial charge >= 0.3 is 0 Å². The third-order valence-corrected chi connectivity index (χ3v) is 5.34. The third kappa shape index (κ3) is 4.89. The van der Waals surface area contributed by atoms with Crippen LogP contribution in [0.3, 0.4) is 0 Å². The van der Waals surface area contributed by atoms with Crippen LogP contribution in [0.5, 0.6) is 11.5 Å². The number of para-hydroxylation sites is 1. The van der Waals surface area contributed by atoms with Crippen LogP contribution in [0.4, 0.5) is 0 Å². The first kappa shape index (κ1) is 20.7. The zero-order chi connectivity index (χ0) is 20.8. The Balaban J connectivity index is 1.76. The van der Waals surface area contributed by atoms with Gasteiger partial charge in [0.05, 0.1) is 25.5 Å². The van der Waals surface area contributed by atoms with Gasteiger partial charge in [0.25, 0.3) is 5.91 Å². The standard InChI is InChI=1S/C21H23N3O4S/c1-14-22-19(28-23-14)13-29-18-11-6-5-9-16(18)21(25)24(2)12-15-8-7-10-17(26-3)20(15)27-4/h5-11H,12-13H2,1-4H3. The quantitative estimate of drug-likeness (QED) is 0.517. The molecule has 0 N–H and O–H groups in total. The number of hydrogen-bond donors (Lipinski definition) is 0. The Morgan fingerprint density at radius 3 is 2.62 bits per heavy atom. The molecule has 1 aromatic heterocycles. The largest absolute Gasteiger partial charge is 0.493 e. The fourth-order valence-corrected chi connectivity index (χ4v) is 3.80. The fourth-order valence-electron chi connectivity index (χ4n) is 2.92. The SMILES string of the molecule is COc1cccc(CN(C)C(=O)c2ccccc2SCc2nc(C)no2)c1OC. The molecule has 0 fully saturated rings. The summed E-state index contributed by atoms with van der Waals surface area (Å²) >= 11 is 1.49. The van der Waals surface area contributed by atoms with Crippen LogP contribution >= 0.6 is 11.8 Å². The number of carbonyl (C=O) groups is 1. The highest BCUT2D eigenvalue weighted by Crippen LogP contribution is 2.32. The second-order valence-electron chi connectivity index (χ2n) is 6.33. The number of aryl methyl sites for hydroxylation is 1. The van der Waals surface area contributed by atoms with E-state index in [-0.39, 0.29) is 5.91 Å². The number of thioether (sulfide) groups is 1. The lowest BCUT2D eigenvalue weighted by Crippen LogP contribution is -2.27. The summed E-state index contributed by atoms with van der Waals surface area (Å²) in [7, 11) is 4.95. The Kier molecular flexibility index (Phi) is 6.77. The molecule has 3 aromatic rings. The number of nitrogens with zero attached hydrogens (tertiary/aromatic N) is 3. The van der Waals surface area contributed by atoms with Crippen LogP contribution in [0.2, 0.25) is 0 Å². The van der Waals surface area contributed by atoms with E-state index in [1.807, 2.05) is 42.5 Å². The third-order valence-electron chi connectivity index (χ3n) is 4.28. The Morgan fingerprint density at radius 2 is 1.93 bits per heavy atom. The molecular formula is C21H23N3O4S. The average Bonchev–Trinajstić information content (AvgIpc) is 3.16. The van der Waals surface area contributed by atoms with Crippen molar-refractivity contribution in [3.63, 3.8) is 0 Å². The van der Waals surface area contributed by atoms with Gasteiger partial charge in [0.2, 0.25) is 5.89 Å². The van der Waals surface area contributed by atoms with E-state index in [0.29, 0.717) is 41.1 Å². The molecule has 29 heavy (non-hydrogen) atoms. The van der Waals surface area contributed by atoms with E-state index >= 15 is 0 Å². The number of amides is 1. The molecule has 7 nitrogen and oxygen atoms in total. The average molecular weight is 413 g/mol. The van der Waals surface area contributed by atoms with Crippen LogP contribution in [-0.2, 0) is 12.3 Å². The molecule has 0 saturated carbocycles. The molecule has 0 aliphatic carbocycles. The van der Waals surface area contributed by atoms with E-state index in [0.717, 1.165) is 10.5 Å². The van der Waals surface area contributed by atoms with Crippen molar-refractivity contribution in [1.82, 2.24) is 15.0 Å². The molecule has 0 bridgehead atoms. The van der Waals surface area contributed by atoms with Crippen molar-refractivity contribution < 1.29 is 18.8 Å². The second kappa shape index (κ2) is 9.47. The van der Waals surface area contributed by atoms with Crippen LogP contribution in [-0.4, -0.2) is 42.2 Å². The van der Waals surface area contributed by atoms with Crippen molar-refractivity contribution in [2.45, 2.75) is 24.1 Å². The molecule has 152 valence electrons. The number of carbonyl (C=O) groups excluding carboxylic acids is 1. The van der Waals surface area contributed by atoms with Crippen LogP contribution in [0, 0.1) is 6.92 Å². The highest BCUT2D eigenvalue weighted by atomic mass is 32.2. The molecule has 1 heterocycles. The summed E-state index contributed by atoms with van der Waals surface area (Å²) in [6.07, 6.45) is 0. The Labute approximate surface area is 174 Å². The van der Waals surface area contributed by atoms with E-state index in [4.69, 9.17) is 14.0 Å². The predicted octanol–water partition coefficient (Wildman–Crippen LogP) is 3.96. The molecule has 1 amide bonds. The first-order chi connectivity index (χ1) is 14.0. The van der Waals surface area contributed by atoms with E-state index in [1.54, 1.807) is 33.1 Å². The smallest absolute Gasteiger partial charge is 0.255 e. The monoisotopic (exact) mass is 413 g/mol. The van der Waals surface area contributed by atoms with Crippen molar-refractivity contribution in [3.05, 3.63) is 65.3 Å². The van der Waals surface area contributed by atoms with E-state index in [1.165, 1.54) is 11.8 Å². The summed E-state index contributed by atoms with van der Waals surface area (Å²) in [5, 5.41) is 3.80. The Bertz CT molecular complexity index is 990. The molecule has 0 aliphatic heterocycles. The summed E-state index contributed by atoms with van der Waals surface area (Å²) in [5.74, 6) is 2.81. The topological polar surface area (TPSA) is 77.7 Å². The van der Waals surface area contributed by atoms with Crippen molar-refractivity contribution in [1.29, 1.82) is 0 Å².